The molecule has 1 amide bonds. The van der Waals surface area contributed by atoms with Gasteiger partial charge in [-0.05, 0) is 98.7 Å². The van der Waals surface area contributed by atoms with Gasteiger partial charge in [-0.2, -0.15) is 0 Å². The molecule has 2 aromatic carbocycles. The van der Waals surface area contributed by atoms with Gasteiger partial charge in [-0.25, -0.2) is 0 Å². The molecule has 0 radical (unpaired) electrons. The largest absolute Gasteiger partial charge is 0.495 e. The number of nitrogens with one attached hydrogen (secondary N) is 2. The van der Waals surface area contributed by atoms with Gasteiger partial charge in [-0.1, -0.05) is 31.5 Å². The number of aromatic nitrogens is 2. The van der Waals surface area contributed by atoms with Crippen LogP contribution in [-0.2, 0) is 4.79 Å². The molecule has 0 aliphatic carbocycles. The Morgan fingerprint density at radius 3 is 2.54 bits per heavy atom. The van der Waals surface area contributed by atoms with E-state index in [0.717, 1.165) is 51.0 Å². The number of rotatable bonds is 7. The van der Waals surface area contributed by atoms with Crippen LogP contribution in [0.4, 0.5) is 11.4 Å². The van der Waals surface area contributed by atoms with Crippen molar-refractivity contribution in [3.05, 3.63) is 100 Å². The Morgan fingerprint density at radius 1 is 1.10 bits per heavy atom. The zero-order valence-electron chi connectivity index (χ0n) is 24.0. The normalized spacial score (nSPS) is 16.7. The average molecular weight is 588 g/mol. The lowest BCUT2D eigenvalue weighted by molar-refractivity contribution is -0.118. The second-order valence-electron chi connectivity index (χ2n) is 10.6. The number of hydrogen-bond donors (Lipinski definition) is 2. The lowest BCUT2D eigenvalue weighted by Gasteiger charge is -2.29. The van der Waals surface area contributed by atoms with E-state index in [9.17, 15) is 4.79 Å². The fraction of sp³-hybridized carbons (Fsp3) is 0.281. The Kier molecular flexibility index (Phi) is 8.07. The average Bonchev–Trinajstić information content (AvgIpc) is 3.44. The molecule has 41 heavy (non-hydrogen) atoms. The van der Waals surface area contributed by atoms with Crippen LogP contribution in [0.25, 0.3) is 5.69 Å². The van der Waals surface area contributed by atoms with E-state index in [0.29, 0.717) is 10.1 Å². The Morgan fingerprint density at radius 2 is 1.88 bits per heavy atom. The fourth-order valence-corrected chi connectivity index (χ4v) is 5.97. The first-order valence-electron chi connectivity index (χ1n) is 13.6. The number of carbonyl (C=O) groups excluding carboxylic acids is 1. The van der Waals surface area contributed by atoms with Crippen LogP contribution in [-0.4, -0.2) is 27.7 Å². The third-order valence-corrected chi connectivity index (χ3v) is 8.09. The molecular weight excluding hydrogens is 554 g/mol. The number of thiocarbonyl (C=S) groups is 1. The van der Waals surface area contributed by atoms with Gasteiger partial charge in [0.1, 0.15) is 5.75 Å². The van der Waals surface area contributed by atoms with E-state index in [1.807, 2.05) is 69.3 Å². The molecule has 4 aromatic rings. The van der Waals surface area contributed by atoms with Crippen molar-refractivity contribution in [1.82, 2.24) is 14.9 Å². The second-order valence-corrected chi connectivity index (χ2v) is 11.4. The van der Waals surface area contributed by atoms with Crippen LogP contribution >= 0.6 is 23.8 Å². The molecule has 2 atom stereocenters. The maximum Gasteiger partial charge on any atom is 0.226 e. The number of nitrogens with zero attached hydrogens (tertiary/aromatic N) is 3. The summed E-state index contributed by atoms with van der Waals surface area (Å²) >= 11 is 12.4. The molecule has 0 bridgehead atoms. The molecule has 3 heterocycles. The van der Waals surface area contributed by atoms with Gasteiger partial charge in [-0.3, -0.25) is 9.78 Å². The number of methoxy groups -OCH3 is 1. The monoisotopic (exact) mass is 587 g/mol. The van der Waals surface area contributed by atoms with E-state index in [1.54, 1.807) is 13.3 Å². The molecule has 1 fully saturated rings. The van der Waals surface area contributed by atoms with Gasteiger partial charge in [-0.15, -0.1) is 0 Å². The van der Waals surface area contributed by atoms with Crippen LogP contribution in [0.2, 0.25) is 5.02 Å². The minimum absolute atomic E-state index is 0.0174. The molecule has 0 saturated carbocycles. The molecule has 0 spiro atoms. The molecule has 2 aromatic heterocycles. The molecular formula is C32H34ClN5O2S. The summed E-state index contributed by atoms with van der Waals surface area (Å²) in [6.07, 6.45) is 1.80. The summed E-state index contributed by atoms with van der Waals surface area (Å²) in [7, 11) is 1.66. The SMILES string of the molecule is COc1ccc(Cl)cc1-n1c(C)cc([C@@H]2[C@H](c3ccccn3)NC(=S)N2c2ccc(NC(=O)C(C)C)c(C)c2)c1C. The summed E-state index contributed by atoms with van der Waals surface area (Å²) in [5.41, 5.74) is 7.62. The quantitative estimate of drug-likeness (QED) is 0.222. The summed E-state index contributed by atoms with van der Waals surface area (Å²) in [6, 6.07) is 19.4. The molecule has 5 rings (SSSR count). The highest BCUT2D eigenvalue weighted by molar-refractivity contribution is 7.80. The summed E-state index contributed by atoms with van der Waals surface area (Å²) in [5, 5.41) is 7.81. The highest BCUT2D eigenvalue weighted by Gasteiger charge is 2.42. The van der Waals surface area contributed by atoms with Gasteiger partial charge < -0.3 is 24.8 Å². The van der Waals surface area contributed by atoms with Crippen molar-refractivity contribution in [1.29, 1.82) is 0 Å². The van der Waals surface area contributed by atoms with Crippen molar-refractivity contribution in [2.75, 3.05) is 17.3 Å². The molecule has 2 N–H and O–H groups in total. The second kappa shape index (κ2) is 11.5. The van der Waals surface area contributed by atoms with Crippen molar-refractivity contribution in [2.24, 2.45) is 5.92 Å². The predicted molar refractivity (Wildman–Crippen MR) is 169 cm³/mol. The molecule has 0 unspecified atom stereocenters. The summed E-state index contributed by atoms with van der Waals surface area (Å²) in [6.45, 7) is 9.94. The maximum absolute atomic E-state index is 12.4. The third kappa shape index (κ3) is 5.42. The number of aryl methyl sites for hydroxylation is 2. The van der Waals surface area contributed by atoms with E-state index in [2.05, 4.69) is 46.1 Å². The zero-order valence-corrected chi connectivity index (χ0v) is 25.6. The number of carbonyl (C=O) groups is 1. The highest BCUT2D eigenvalue weighted by Crippen LogP contribution is 2.45. The van der Waals surface area contributed by atoms with Gasteiger partial charge in [0.2, 0.25) is 5.91 Å². The van der Waals surface area contributed by atoms with Gasteiger partial charge >= 0.3 is 0 Å². The fourth-order valence-electron chi connectivity index (χ4n) is 5.46. The lowest BCUT2D eigenvalue weighted by atomic mass is 9.96. The van der Waals surface area contributed by atoms with Crippen molar-refractivity contribution in [2.45, 2.75) is 46.7 Å². The molecule has 1 aliphatic heterocycles. The van der Waals surface area contributed by atoms with Crippen LogP contribution in [0.15, 0.2) is 66.9 Å². The molecule has 1 aliphatic rings. The Labute approximate surface area is 251 Å². The molecule has 9 heteroatoms. The van der Waals surface area contributed by atoms with Crippen molar-refractivity contribution >= 4 is 46.2 Å². The van der Waals surface area contributed by atoms with Crippen molar-refractivity contribution < 1.29 is 9.53 Å². The summed E-state index contributed by atoms with van der Waals surface area (Å²) < 4.78 is 7.87. The van der Waals surface area contributed by atoms with Gasteiger partial charge in [0.15, 0.2) is 5.11 Å². The first-order valence-corrected chi connectivity index (χ1v) is 14.3. The van der Waals surface area contributed by atoms with Gasteiger partial charge in [0.05, 0.1) is 30.6 Å². The standard InChI is InChI=1S/C32H34ClN5O2S/c1-18(2)31(39)35-25-12-11-23(15-19(25)3)38-30(29(36-32(38)41)26-9-7-8-14-34-26)24-16-20(4)37(21(24)5)27-17-22(33)10-13-28(27)40-6/h7-18,29-30H,1-6H3,(H,35,39)(H,36,41)/t29-,30+/m0/s1. The van der Waals surface area contributed by atoms with Crippen LogP contribution in [0.1, 0.15) is 54.1 Å². The molecule has 212 valence electrons. The maximum atomic E-state index is 12.4. The minimum Gasteiger partial charge on any atom is -0.495 e. The number of ether oxygens (including phenoxy) is 1. The molecule has 7 nitrogen and oxygen atoms in total. The van der Waals surface area contributed by atoms with Crippen LogP contribution in [0.5, 0.6) is 5.75 Å². The molecule has 1 saturated heterocycles. The lowest BCUT2D eigenvalue weighted by Crippen LogP contribution is -2.29. The zero-order chi connectivity index (χ0) is 29.4. The first-order chi connectivity index (χ1) is 19.6. The van der Waals surface area contributed by atoms with Crippen LogP contribution < -0.4 is 20.3 Å². The Balaban J connectivity index is 1.64. The summed E-state index contributed by atoms with van der Waals surface area (Å²) in [4.78, 5) is 19.2. The van der Waals surface area contributed by atoms with E-state index in [4.69, 9.17) is 33.5 Å². The number of amides is 1. The minimum atomic E-state index is -0.196. The van der Waals surface area contributed by atoms with Crippen molar-refractivity contribution in [3.8, 4) is 11.4 Å². The Bertz CT molecular complexity index is 1620. The third-order valence-electron chi connectivity index (χ3n) is 7.54. The van der Waals surface area contributed by atoms with Gasteiger partial charge in [0.25, 0.3) is 0 Å². The van der Waals surface area contributed by atoms with Crippen LogP contribution in [0, 0.1) is 26.7 Å². The first kappa shape index (κ1) is 28.6. The number of hydrogen-bond acceptors (Lipinski definition) is 4. The number of anilines is 2. The van der Waals surface area contributed by atoms with Crippen LogP contribution in [0.3, 0.4) is 0 Å². The van der Waals surface area contributed by atoms with Gasteiger partial charge in [0, 0.05) is 39.9 Å². The topological polar surface area (TPSA) is 71.4 Å². The Hall–Kier alpha value is -3.88. The van der Waals surface area contributed by atoms with E-state index in [1.165, 1.54) is 0 Å². The number of halogens is 1. The smallest absolute Gasteiger partial charge is 0.226 e. The van der Waals surface area contributed by atoms with E-state index >= 15 is 0 Å². The predicted octanol–water partition coefficient (Wildman–Crippen LogP) is 7.23. The van der Waals surface area contributed by atoms with Crippen molar-refractivity contribution in [3.63, 3.8) is 0 Å². The van der Waals surface area contributed by atoms with E-state index in [-0.39, 0.29) is 23.9 Å². The number of benzene rings is 2. The highest BCUT2D eigenvalue weighted by atomic mass is 35.5. The van der Waals surface area contributed by atoms with E-state index < -0.39 is 0 Å². The summed E-state index contributed by atoms with van der Waals surface area (Å²) in [5.74, 6) is 0.605. The number of pyridine rings is 1.